The number of nitrogen functional groups attached to an aromatic ring is 1. The zero-order valence-corrected chi connectivity index (χ0v) is 16.7. The van der Waals surface area contributed by atoms with Crippen molar-refractivity contribution >= 4 is 11.7 Å². The molecule has 0 saturated carbocycles. The number of ether oxygens (including phenoxy) is 3. The van der Waals surface area contributed by atoms with Crippen LogP contribution in [0.15, 0.2) is 42.5 Å². The van der Waals surface area contributed by atoms with Crippen LogP contribution >= 0.6 is 0 Å². The molecule has 0 unspecified atom stereocenters. The minimum atomic E-state index is -0.398. The van der Waals surface area contributed by atoms with E-state index in [0.717, 1.165) is 5.75 Å². The molecule has 0 aliphatic heterocycles. The first-order chi connectivity index (χ1) is 12.7. The smallest absolute Gasteiger partial charge is 0.338 e. The van der Waals surface area contributed by atoms with Gasteiger partial charge in [-0.1, -0.05) is 32.9 Å². The van der Waals surface area contributed by atoms with E-state index in [1.54, 1.807) is 32.0 Å². The quantitative estimate of drug-likeness (QED) is 0.438. The number of hydrogen-bond donors (Lipinski definition) is 1. The van der Waals surface area contributed by atoms with Crippen molar-refractivity contribution in [1.82, 2.24) is 0 Å². The topological polar surface area (TPSA) is 70.8 Å². The Hall–Kier alpha value is -2.69. The standard InChI is InChI=1S/C22H29NO4/c1-15(2)27-21(24)16-6-11-19(23)20(14-16)26-13-12-25-18-9-7-17(8-10-18)22(3,4)5/h6-11,14-15H,12-13,23H2,1-5H3. The zero-order chi connectivity index (χ0) is 20.0. The first-order valence-electron chi connectivity index (χ1n) is 9.13. The largest absolute Gasteiger partial charge is 0.490 e. The van der Waals surface area contributed by atoms with Gasteiger partial charge in [0.25, 0.3) is 0 Å². The van der Waals surface area contributed by atoms with Crippen molar-refractivity contribution in [2.75, 3.05) is 18.9 Å². The third-order valence-electron chi connectivity index (χ3n) is 3.92. The van der Waals surface area contributed by atoms with E-state index in [0.29, 0.717) is 30.2 Å². The fraction of sp³-hybridized carbons (Fsp3) is 0.409. The normalized spacial score (nSPS) is 11.3. The van der Waals surface area contributed by atoms with Gasteiger partial charge in [-0.15, -0.1) is 0 Å². The highest BCUT2D eigenvalue weighted by atomic mass is 16.5. The van der Waals surface area contributed by atoms with E-state index in [-0.39, 0.29) is 11.5 Å². The van der Waals surface area contributed by atoms with Gasteiger partial charge in [-0.25, -0.2) is 4.79 Å². The summed E-state index contributed by atoms with van der Waals surface area (Å²) in [5.74, 6) is 0.832. The number of nitrogens with two attached hydrogens (primary N) is 1. The Morgan fingerprint density at radius 3 is 2.22 bits per heavy atom. The summed E-state index contributed by atoms with van der Waals surface area (Å²) in [4.78, 5) is 12.0. The summed E-state index contributed by atoms with van der Waals surface area (Å²) in [6, 6.07) is 12.9. The molecule has 0 bridgehead atoms. The van der Waals surface area contributed by atoms with Crippen molar-refractivity contribution in [3.63, 3.8) is 0 Å². The molecule has 0 fully saturated rings. The molecule has 0 amide bonds. The van der Waals surface area contributed by atoms with Gasteiger partial charge in [0.1, 0.15) is 24.7 Å². The third kappa shape index (κ3) is 6.20. The molecule has 2 aromatic carbocycles. The molecule has 0 spiro atoms. The molecule has 0 radical (unpaired) electrons. The second kappa shape index (κ2) is 8.80. The van der Waals surface area contributed by atoms with E-state index in [1.807, 2.05) is 12.1 Å². The van der Waals surface area contributed by atoms with Crippen LogP contribution in [0.5, 0.6) is 11.5 Å². The summed E-state index contributed by atoms with van der Waals surface area (Å²) in [5, 5.41) is 0. The average Bonchev–Trinajstić information content (AvgIpc) is 2.59. The lowest BCUT2D eigenvalue weighted by molar-refractivity contribution is 0.0377. The molecule has 2 N–H and O–H groups in total. The molecule has 0 aromatic heterocycles. The van der Waals surface area contributed by atoms with Gasteiger partial charge in [0.15, 0.2) is 0 Å². The van der Waals surface area contributed by atoms with Crippen molar-refractivity contribution in [3.8, 4) is 11.5 Å². The van der Waals surface area contributed by atoms with E-state index >= 15 is 0 Å². The number of carbonyl (C=O) groups excluding carboxylic acids is 1. The maximum atomic E-state index is 12.0. The van der Waals surface area contributed by atoms with E-state index in [2.05, 4.69) is 32.9 Å². The van der Waals surface area contributed by atoms with Crippen LogP contribution in [0.1, 0.15) is 50.5 Å². The van der Waals surface area contributed by atoms with Gasteiger partial charge in [-0.3, -0.25) is 0 Å². The second-order valence-electron chi connectivity index (χ2n) is 7.68. The Morgan fingerprint density at radius 1 is 1.00 bits per heavy atom. The molecule has 2 aromatic rings. The second-order valence-corrected chi connectivity index (χ2v) is 7.68. The van der Waals surface area contributed by atoms with Gasteiger partial charge in [0.2, 0.25) is 0 Å². The van der Waals surface area contributed by atoms with E-state index in [9.17, 15) is 4.79 Å². The summed E-state index contributed by atoms with van der Waals surface area (Å²) in [6.07, 6.45) is -0.183. The molecule has 0 saturated heterocycles. The first kappa shape index (κ1) is 20.6. The first-order valence-corrected chi connectivity index (χ1v) is 9.13. The van der Waals surface area contributed by atoms with Crippen molar-refractivity contribution in [2.24, 2.45) is 0 Å². The fourth-order valence-corrected chi connectivity index (χ4v) is 2.43. The SMILES string of the molecule is CC(C)OC(=O)c1ccc(N)c(OCCOc2ccc(C(C)(C)C)cc2)c1. The summed E-state index contributed by atoms with van der Waals surface area (Å²) >= 11 is 0. The molecule has 5 heteroatoms. The van der Waals surface area contributed by atoms with E-state index in [1.165, 1.54) is 5.56 Å². The van der Waals surface area contributed by atoms with Gasteiger partial charge in [0.05, 0.1) is 17.4 Å². The minimum absolute atomic E-state index is 0.112. The van der Waals surface area contributed by atoms with Gasteiger partial charge in [-0.2, -0.15) is 0 Å². The van der Waals surface area contributed by atoms with Crippen LogP contribution in [0.3, 0.4) is 0 Å². The van der Waals surface area contributed by atoms with Crippen molar-refractivity contribution in [3.05, 3.63) is 53.6 Å². The Labute approximate surface area is 161 Å². The predicted octanol–water partition coefficient (Wildman–Crippen LogP) is 4.59. The molecule has 0 atom stereocenters. The van der Waals surface area contributed by atoms with Crippen LogP contribution in [0.2, 0.25) is 0 Å². The maximum Gasteiger partial charge on any atom is 0.338 e. The lowest BCUT2D eigenvalue weighted by Gasteiger charge is -2.19. The van der Waals surface area contributed by atoms with Crippen LogP contribution in [-0.4, -0.2) is 25.3 Å². The zero-order valence-electron chi connectivity index (χ0n) is 16.7. The number of rotatable bonds is 7. The number of esters is 1. The number of carbonyl (C=O) groups is 1. The van der Waals surface area contributed by atoms with Crippen molar-refractivity contribution in [1.29, 1.82) is 0 Å². The molecule has 27 heavy (non-hydrogen) atoms. The molecular formula is C22H29NO4. The Kier molecular flexibility index (Phi) is 6.72. The fourth-order valence-electron chi connectivity index (χ4n) is 2.43. The lowest BCUT2D eigenvalue weighted by atomic mass is 9.87. The lowest BCUT2D eigenvalue weighted by Crippen LogP contribution is -2.13. The summed E-state index contributed by atoms with van der Waals surface area (Å²) in [7, 11) is 0. The average molecular weight is 371 g/mol. The number of anilines is 1. The molecule has 146 valence electrons. The monoisotopic (exact) mass is 371 g/mol. The van der Waals surface area contributed by atoms with Crippen LogP contribution in [0.4, 0.5) is 5.69 Å². The Bertz CT molecular complexity index is 761. The Morgan fingerprint density at radius 2 is 1.63 bits per heavy atom. The van der Waals surface area contributed by atoms with Crippen LogP contribution in [-0.2, 0) is 10.2 Å². The van der Waals surface area contributed by atoms with Crippen LogP contribution < -0.4 is 15.2 Å². The van der Waals surface area contributed by atoms with Crippen LogP contribution in [0.25, 0.3) is 0 Å². The molecular weight excluding hydrogens is 342 g/mol. The summed E-state index contributed by atoms with van der Waals surface area (Å²) in [6.45, 7) is 10.8. The predicted molar refractivity (Wildman–Crippen MR) is 108 cm³/mol. The van der Waals surface area contributed by atoms with Crippen LogP contribution in [0, 0.1) is 0 Å². The summed E-state index contributed by atoms with van der Waals surface area (Å²) < 4.78 is 16.6. The van der Waals surface area contributed by atoms with Gasteiger partial charge < -0.3 is 19.9 Å². The minimum Gasteiger partial charge on any atom is -0.490 e. The van der Waals surface area contributed by atoms with Crippen molar-refractivity contribution < 1.29 is 19.0 Å². The van der Waals surface area contributed by atoms with E-state index in [4.69, 9.17) is 19.9 Å². The highest BCUT2D eigenvalue weighted by molar-refractivity contribution is 5.90. The van der Waals surface area contributed by atoms with Gasteiger partial charge in [-0.05, 0) is 55.2 Å². The van der Waals surface area contributed by atoms with Gasteiger partial charge in [0, 0.05) is 0 Å². The molecule has 5 nitrogen and oxygen atoms in total. The van der Waals surface area contributed by atoms with E-state index < -0.39 is 5.97 Å². The van der Waals surface area contributed by atoms with Gasteiger partial charge >= 0.3 is 5.97 Å². The highest BCUT2D eigenvalue weighted by Crippen LogP contribution is 2.25. The highest BCUT2D eigenvalue weighted by Gasteiger charge is 2.14. The maximum absolute atomic E-state index is 12.0. The molecule has 0 aliphatic rings. The molecule has 0 heterocycles. The summed E-state index contributed by atoms with van der Waals surface area (Å²) in [5.41, 5.74) is 8.16. The molecule has 2 rings (SSSR count). The Balaban J connectivity index is 1.89. The van der Waals surface area contributed by atoms with Crippen molar-refractivity contribution in [2.45, 2.75) is 46.1 Å². The number of benzene rings is 2. The third-order valence-corrected chi connectivity index (χ3v) is 3.92. The number of hydrogen-bond acceptors (Lipinski definition) is 5. The molecule has 0 aliphatic carbocycles.